The number of anilines is 2. The molecule has 1 aromatic carbocycles. The summed E-state index contributed by atoms with van der Waals surface area (Å²) in [5, 5.41) is 6.58. The molecular formula is C19H28N2O2S2. The zero-order chi connectivity index (χ0) is 18.3. The van der Waals surface area contributed by atoms with Crippen LogP contribution in [0.5, 0.6) is 0 Å². The number of carbonyl (C=O) groups excluding carboxylic acids is 2. The number of unbranched alkanes of at least 4 members (excludes halogenated alkanes) is 1. The first kappa shape index (κ1) is 20.2. The topological polar surface area (TPSA) is 58.2 Å². The third-order valence-corrected chi connectivity index (χ3v) is 7.02. The van der Waals surface area contributed by atoms with E-state index in [1.807, 2.05) is 66.6 Å². The quantitative estimate of drug-likeness (QED) is 0.496. The maximum Gasteiger partial charge on any atom is 0.229 e. The first-order chi connectivity index (χ1) is 11.8. The number of hydrogen-bond donors (Lipinski definition) is 2. The van der Waals surface area contributed by atoms with Crippen molar-refractivity contribution >= 4 is 44.8 Å². The fraction of sp³-hybridized carbons (Fsp3) is 0.579. The van der Waals surface area contributed by atoms with E-state index < -0.39 is 5.41 Å². The molecule has 1 fully saturated rings. The average Bonchev–Trinajstić information content (AvgIpc) is 3.06. The highest BCUT2D eigenvalue weighted by Gasteiger charge is 2.21. The van der Waals surface area contributed by atoms with Gasteiger partial charge in [0.1, 0.15) is 0 Å². The highest BCUT2D eigenvalue weighted by molar-refractivity contribution is 8.77. The molecular weight excluding hydrogens is 352 g/mol. The second kappa shape index (κ2) is 9.53. The Morgan fingerprint density at radius 2 is 1.72 bits per heavy atom. The Hall–Kier alpha value is -1.14. The maximum atomic E-state index is 12.0. The van der Waals surface area contributed by atoms with Crippen LogP contribution >= 0.6 is 21.6 Å². The fourth-order valence-corrected chi connectivity index (χ4v) is 5.43. The van der Waals surface area contributed by atoms with E-state index in [0.717, 1.165) is 29.5 Å². The first-order valence-electron chi connectivity index (χ1n) is 8.84. The van der Waals surface area contributed by atoms with Crippen LogP contribution in [0.1, 0.15) is 52.9 Å². The molecule has 0 aromatic heterocycles. The lowest BCUT2D eigenvalue weighted by Crippen LogP contribution is -2.27. The van der Waals surface area contributed by atoms with Gasteiger partial charge in [0.25, 0.3) is 0 Å². The fourth-order valence-electron chi connectivity index (χ4n) is 2.40. The van der Waals surface area contributed by atoms with Crippen LogP contribution < -0.4 is 10.6 Å². The Bertz CT molecular complexity index is 576. The van der Waals surface area contributed by atoms with Crippen molar-refractivity contribution in [1.29, 1.82) is 0 Å². The predicted octanol–water partition coefficient (Wildman–Crippen LogP) is 5.32. The van der Waals surface area contributed by atoms with Crippen molar-refractivity contribution in [2.45, 2.75) is 58.1 Å². The summed E-state index contributed by atoms with van der Waals surface area (Å²) in [6.07, 6.45) is 5.14. The van der Waals surface area contributed by atoms with E-state index >= 15 is 0 Å². The number of nitrogens with one attached hydrogen (secondary N) is 2. The standard InChI is InChI=1S/C19H28N2O2S2/c1-19(2,3)18(23)21-15-10-8-14(9-11-15)20-17(22)7-5-4-6-16-12-13-24-25-16/h8-11,16H,4-7,12-13H2,1-3H3,(H,20,22)(H,21,23). The summed E-state index contributed by atoms with van der Waals surface area (Å²) in [5.74, 6) is 1.30. The van der Waals surface area contributed by atoms with Crippen LogP contribution in [0.15, 0.2) is 24.3 Å². The summed E-state index contributed by atoms with van der Waals surface area (Å²) >= 11 is 0. The van der Waals surface area contributed by atoms with Crippen LogP contribution in [-0.2, 0) is 9.59 Å². The normalized spacial score (nSPS) is 17.3. The number of amides is 2. The molecule has 1 unspecified atom stereocenters. The second-order valence-corrected chi connectivity index (χ2v) is 10.2. The van der Waals surface area contributed by atoms with E-state index in [4.69, 9.17) is 0 Å². The van der Waals surface area contributed by atoms with Crippen molar-refractivity contribution in [3.8, 4) is 0 Å². The van der Waals surface area contributed by atoms with Gasteiger partial charge in [0, 0.05) is 34.2 Å². The molecule has 2 N–H and O–H groups in total. The smallest absolute Gasteiger partial charge is 0.229 e. The average molecular weight is 381 g/mol. The number of carbonyl (C=O) groups is 2. The highest BCUT2D eigenvalue weighted by atomic mass is 33.1. The number of hydrogen-bond acceptors (Lipinski definition) is 4. The van der Waals surface area contributed by atoms with Crippen molar-refractivity contribution < 1.29 is 9.59 Å². The Labute approximate surface area is 158 Å². The summed E-state index contributed by atoms with van der Waals surface area (Å²) in [6.45, 7) is 5.63. The van der Waals surface area contributed by atoms with Crippen molar-refractivity contribution in [2.75, 3.05) is 16.4 Å². The van der Waals surface area contributed by atoms with Gasteiger partial charge in [-0.2, -0.15) is 0 Å². The zero-order valence-corrected chi connectivity index (χ0v) is 16.9. The van der Waals surface area contributed by atoms with E-state index in [9.17, 15) is 9.59 Å². The van der Waals surface area contributed by atoms with Gasteiger partial charge >= 0.3 is 0 Å². The molecule has 4 nitrogen and oxygen atoms in total. The summed E-state index contributed by atoms with van der Waals surface area (Å²) in [4.78, 5) is 24.0. The summed E-state index contributed by atoms with van der Waals surface area (Å²) in [7, 11) is 3.96. The third-order valence-electron chi connectivity index (χ3n) is 4.01. The van der Waals surface area contributed by atoms with E-state index in [1.54, 1.807) is 0 Å². The summed E-state index contributed by atoms with van der Waals surface area (Å²) in [5.41, 5.74) is 1.08. The molecule has 1 aromatic rings. The molecule has 0 radical (unpaired) electrons. The molecule has 1 heterocycles. The van der Waals surface area contributed by atoms with Gasteiger partial charge in [0.2, 0.25) is 11.8 Å². The minimum absolute atomic E-state index is 0.0249. The van der Waals surface area contributed by atoms with Gasteiger partial charge in [-0.1, -0.05) is 48.8 Å². The van der Waals surface area contributed by atoms with Gasteiger partial charge in [-0.15, -0.1) is 0 Å². The van der Waals surface area contributed by atoms with Crippen LogP contribution in [0.25, 0.3) is 0 Å². The minimum atomic E-state index is -0.428. The van der Waals surface area contributed by atoms with Gasteiger partial charge in [-0.3, -0.25) is 9.59 Å². The van der Waals surface area contributed by atoms with Gasteiger partial charge in [0.15, 0.2) is 0 Å². The lowest BCUT2D eigenvalue weighted by Gasteiger charge is -2.17. The monoisotopic (exact) mass is 380 g/mol. The Kier molecular flexibility index (Phi) is 7.69. The Morgan fingerprint density at radius 3 is 2.28 bits per heavy atom. The van der Waals surface area contributed by atoms with E-state index in [1.165, 1.54) is 18.6 Å². The molecule has 6 heteroatoms. The molecule has 2 rings (SSSR count). The van der Waals surface area contributed by atoms with Gasteiger partial charge in [-0.05, 0) is 43.5 Å². The minimum Gasteiger partial charge on any atom is -0.326 e. The molecule has 1 atom stereocenters. The second-order valence-electron chi connectivity index (χ2n) is 7.40. The number of benzene rings is 1. The van der Waals surface area contributed by atoms with Crippen molar-refractivity contribution in [2.24, 2.45) is 5.41 Å². The molecule has 1 aliphatic rings. The molecule has 138 valence electrons. The molecule has 0 aliphatic carbocycles. The third kappa shape index (κ3) is 7.32. The van der Waals surface area contributed by atoms with Crippen LogP contribution in [0.4, 0.5) is 11.4 Å². The van der Waals surface area contributed by atoms with Crippen LogP contribution in [-0.4, -0.2) is 22.8 Å². The molecule has 25 heavy (non-hydrogen) atoms. The van der Waals surface area contributed by atoms with Crippen molar-refractivity contribution in [3.05, 3.63) is 24.3 Å². The number of rotatable bonds is 7. The highest BCUT2D eigenvalue weighted by Crippen LogP contribution is 2.39. The molecule has 0 spiro atoms. The van der Waals surface area contributed by atoms with Crippen molar-refractivity contribution in [3.63, 3.8) is 0 Å². The first-order valence-corrected chi connectivity index (χ1v) is 11.2. The lowest BCUT2D eigenvalue weighted by atomic mass is 9.95. The van der Waals surface area contributed by atoms with E-state index in [0.29, 0.717) is 6.42 Å². The van der Waals surface area contributed by atoms with Gasteiger partial charge in [0.05, 0.1) is 0 Å². The Morgan fingerprint density at radius 1 is 1.08 bits per heavy atom. The summed E-state index contributed by atoms with van der Waals surface area (Å²) in [6, 6.07) is 7.27. The molecule has 0 saturated carbocycles. The molecule has 2 amide bonds. The van der Waals surface area contributed by atoms with Crippen LogP contribution in [0, 0.1) is 5.41 Å². The zero-order valence-electron chi connectivity index (χ0n) is 15.3. The molecule has 1 aliphatic heterocycles. The SMILES string of the molecule is CC(C)(C)C(=O)Nc1ccc(NC(=O)CCCCC2CCSS2)cc1. The summed E-state index contributed by atoms with van der Waals surface area (Å²) < 4.78 is 0. The predicted molar refractivity (Wildman–Crippen MR) is 110 cm³/mol. The van der Waals surface area contributed by atoms with Crippen LogP contribution in [0.3, 0.4) is 0 Å². The lowest BCUT2D eigenvalue weighted by molar-refractivity contribution is -0.123. The Balaban J connectivity index is 1.69. The van der Waals surface area contributed by atoms with Gasteiger partial charge in [-0.25, -0.2) is 0 Å². The van der Waals surface area contributed by atoms with Crippen molar-refractivity contribution in [1.82, 2.24) is 0 Å². The molecule has 1 saturated heterocycles. The van der Waals surface area contributed by atoms with E-state index in [-0.39, 0.29) is 11.8 Å². The van der Waals surface area contributed by atoms with Crippen LogP contribution in [0.2, 0.25) is 0 Å². The van der Waals surface area contributed by atoms with E-state index in [2.05, 4.69) is 10.6 Å². The largest absolute Gasteiger partial charge is 0.326 e. The molecule has 0 bridgehead atoms. The van der Waals surface area contributed by atoms with Gasteiger partial charge < -0.3 is 10.6 Å². The maximum absolute atomic E-state index is 12.0.